The Bertz CT molecular complexity index is 561. The average molecular weight is 343 g/mol. The van der Waals surface area contributed by atoms with Gasteiger partial charge in [0.2, 0.25) is 5.76 Å². The third-order valence-corrected chi connectivity index (χ3v) is 3.32. The highest BCUT2D eigenvalue weighted by Crippen LogP contribution is 2.51. The number of hydrogen-bond acceptors (Lipinski definition) is 10. The third-order valence-electron chi connectivity index (χ3n) is 1.90. The van der Waals surface area contributed by atoms with Crippen LogP contribution >= 0.6 is 7.82 Å². The Hall–Kier alpha value is -2.57. The van der Waals surface area contributed by atoms with E-state index in [1.165, 1.54) is 0 Å². The zero-order valence-electron chi connectivity index (χ0n) is 12.0. The second-order valence-corrected chi connectivity index (χ2v) is 5.15. The number of nitriles is 3. The Morgan fingerprint density at radius 3 is 1.91 bits per heavy atom. The molecule has 0 aliphatic carbocycles. The highest BCUT2D eigenvalue weighted by atomic mass is 31.2. The summed E-state index contributed by atoms with van der Waals surface area (Å²) in [6, 6.07) is 5.20. The van der Waals surface area contributed by atoms with Crippen LogP contribution in [0.1, 0.15) is 19.3 Å². The predicted octanol–water partition coefficient (Wildman–Crippen LogP) is 1.83. The van der Waals surface area contributed by atoms with Crippen LogP contribution < -0.4 is 0 Å². The van der Waals surface area contributed by atoms with Gasteiger partial charge in [0, 0.05) is 0 Å². The smallest absolute Gasteiger partial charge is 0.511 e. The van der Waals surface area contributed by atoms with Crippen LogP contribution in [0.5, 0.6) is 0 Å². The summed E-state index contributed by atoms with van der Waals surface area (Å²) in [7, 11) is -4.34. The molecule has 0 unspecified atom stereocenters. The van der Waals surface area contributed by atoms with Gasteiger partial charge in [-0.15, -0.1) is 0 Å². The molecule has 0 atom stereocenters. The Balaban J connectivity index is 4.85. The van der Waals surface area contributed by atoms with Crippen LogP contribution in [0.3, 0.4) is 0 Å². The van der Waals surface area contributed by atoms with Crippen molar-refractivity contribution < 1.29 is 32.8 Å². The predicted molar refractivity (Wildman–Crippen MR) is 73.0 cm³/mol. The van der Waals surface area contributed by atoms with Gasteiger partial charge >= 0.3 is 13.8 Å². The van der Waals surface area contributed by atoms with Crippen molar-refractivity contribution in [2.45, 2.75) is 19.3 Å². The van der Waals surface area contributed by atoms with Crippen molar-refractivity contribution in [1.82, 2.24) is 0 Å². The Morgan fingerprint density at radius 1 is 1.00 bits per heavy atom. The van der Waals surface area contributed by atoms with Crippen molar-refractivity contribution >= 4 is 13.8 Å². The van der Waals surface area contributed by atoms with E-state index >= 15 is 0 Å². The van der Waals surface area contributed by atoms with E-state index in [1.54, 1.807) is 18.2 Å². The summed E-state index contributed by atoms with van der Waals surface area (Å²) in [6.07, 6.45) is -0.137. The molecule has 0 aliphatic rings. The van der Waals surface area contributed by atoms with E-state index in [0.29, 0.717) is 0 Å². The number of aliphatic hydroxyl groups is 1. The van der Waals surface area contributed by atoms with Crippen molar-refractivity contribution in [2.75, 3.05) is 19.8 Å². The minimum atomic E-state index is -4.34. The number of phosphoric acid groups is 1. The number of aliphatic hydroxyl groups excluding tert-OH is 1. The second kappa shape index (κ2) is 12.0. The van der Waals surface area contributed by atoms with Crippen molar-refractivity contribution in [2.24, 2.45) is 0 Å². The van der Waals surface area contributed by atoms with Crippen molar-refractivity contribution in [1.29, 1.82) is 15.8 Å². The highest BCUT2D eigenvalue weighted by molar-refractivity contribution is 7.48. The van der Waals surface area contributed by atoms with Gasteiger partial charge in [0.05, 0.1) is 50.7 Å². The molecule has 0 aliphatic heterocycles. The molecule has 124 valence electrons. The number of hydrogen-bond donors (Lipinski definition) is 1. The Labute approximate surface area is 132 Å². The van der Waals surface area contributed by atoms with E-state index in [9.17, 15) is 9.36 Å². The largest absolute Gasteiger partial charge is 0.530 e. The van der Waals surface area contributed by atoms with E-state index in [1.807, 2.05) is 0 Å². The van der Waals surface area contributed by atoms with Crippen molar-refractivity contribution in [3.63, 3.8) is 0 Å². The quantitative estimate of drug-likeness (QED) is 0.192. The lowest BCUT2D eigenvalue weighted by Crippen LogP contribution is -2.13. The van der Waals surface area contributed by atoms with Crippen LogP contribution in [0.25, 0.3) is 0 Å². The summed E-state index contributed by atoms with van der Waals surface area (Å²) in [5, 5.41) is 34.1. The molecule has 0 fully saturated rings. The number of rotatable bonds is 11. The molecule has 0 radical (unpaired) electrons. The molecule has 10 nitrogen and oxygen atoms in total. The molecule has 0 aromatic carbocycles. The van der Waals surface area contributed by atoms with Crippen molar-refractivity contribution in [3.05, 3.63) is 12.0 Å². The molecule has 0 heterocycles. The molecule has 0 saturated carbocycles. The molecule has 0 aromatic rings. The third kappa shape index (κ3) is 9.13. The first kappa shape index (κ1) is 20.4. The number of esters is 1. The molecule has 0 spiro atoms. The van der Waals surface area contributed by atoms with Crippen molar-refractivity contribution in [3.8, 4) is 18.2 Å². The monoisotopic (exact) mass is 343 g/mol. The number of phosphoric ester groups is 1. The molecule has 1 N–H and O–H groups in total. The van der Waals surface area contributed by atoms with Gasteiger partial charge in [-0.3, -0.25) is 9.05 Å². The maximum absolute atomic E-state index is 12.3. The molecule has 11 heteroatoms. The van der Waals surface area contributed by atoms with Gasteiger partial charge in [0.25, 0.3) is 0 Å². The van der Waals surface area contributed by atoms with Crippen LogP contribution in [0.15, 0.2) is 12.0 Å². The number of ether oxygens (including phenoxy) is 1. The van der Waals surface area contributed by atoms with Gasteiger partial charge < -0.3 is 14.4 Å². The second-order valence-electron chi connectivity index (χ2n) is 3.56. The molecule has 23 heavy (non-hydrogen) atoms. The molecule has 0 amide bonds. The maximum atomic E-state index is 12.3. The normalized spacial score (nSPS) is 10.9. The average Bonchev–Trinajstić information content (AvgIpc) is 2.53. The lowest BCUT2D eigenvalue weighted by Gasteiger charge is -2.18. The molecular formula is C12H14N3O7P. The van der Waals surface area contributed by atoms with Crippen LogP contribution in [-0.4, -0.2) is 30.9 Å². The Kier molecular flexibility index (Phi) is 10.7. The van der Waals surface area contributed by atoms with E-state index in [4.69, 9.17) is 34.5 Å². The summed E-state index contributed by atoms with van der Waals surface area (Å²) in [5.74, 6) is -2.05. The fourth-order valence-corrected chi connectivity index (χ4v) is 2.16. The van der Waals surface area contributed by atoms with Crippen LogP contribution in [0, 0.1) is 34.0 Å². The van der Waals surface area contributed by atoms with Gasteiger partial charge in [-0.25, -0.2) is 9.36 Å². The van der Waals surface area contributed by atoms with E-state index in [2.05, 4.69) is 4.74 Å². The molecular weight excluding hydrogens is 329 g/mol. The van der Waals surface area contributed by atoms with E-state index < -0.39 is 19.6 Å². The fourth-order valence-electron chi connectivity index (χ4n) is 0.991. The van der Waals surface area contributed by atoms with Gasteiger partial charge in [0.1, 0.15) is 12.9 Å². The molecule has 0 aromatic heterocycles. The SMILES string of the molecule is N#CCCOC(=O)/C(=C/O)OP(=O)(OCCC#N)OCCC#N. The minimum Gasteiger partial charge on any atom is -0.511 e. The lowest BCUT2D eigenvalue weighted by molar-refractivity contribution is -0.142. The standard InChI is InChI=1S/C12H14N3O7P/c13-4-1-7-19-12(17)11(10-16)22-23(18,20-8-2-5-14)21-9-3-6-15/h10,16H,1-3,7-9H2/b11-10-. The van der Waals surface area contributed by atoms with E-state index in [0.717, 1.165) is 0 Å². The molecule has 0 saturated heterocycles. The summed E-state index contributed by atoms with van der Waals surface area (Å²) >= 11 is 0. The zero-order chi connectivity index (χ0) is 17.6. The first-order valence-electron chi connectivity index (χ1n) is 6.24. The summed E-state index contributed by atoms with van der Waals surface area (Å²) in [6.45, 7) is -0.893. The Morgan fingerprint density at radius 2 is 1.48 bits per heavy atom. The lowest BCUT2D eigenvalue weighted by atomic mass is 10.5. The van der Waals surface area contributed by atoms with Gasteiger partial charge in [-0.1, -0.05) is 0 Å². The molecule has 0 bridgehead atoms. The highest BCUT2D eigenvalue weighted by Gasteiger charge is 2.32. The number of carbonyl (C=O) groups is 1. The summed E-state index contributed by atoms with van der Waals surface area (Å²) in [4.78, 5) is 11.6. The van der Waals surface area contributed by atoms with Crippen LogP contribution in [0.4, 0.5) is 0 Å². The molecule has 0 rings (SSSR count). The number of nitrogens with zero attached hydrogens (tertiary/aromatic N) is 3. The zero-order valence-corrected chi connectivity index (χ0v) is 12.9. The van der Waals surface area contributed by atoms with Crippen LogP contribution in [0.2, 0.25) is 0 Å². The van der Waals surface area contributed by atoms with E-state index in [-0.39, 0.29) is 45.3 Å². The first-order valence-corrected chi connectivity index (χ1v) is 7.70. The van der Waals surface area contributed by atoms with Gasteiger partial charge in [-0.2, -0.15) is 15.8 Å². The fraction of sp³-hybridized carbons (Fsp3) is 0.500. The topological polar surface area (TPSA) is 163 Å². The van der Waals surface area contributed by atoms with Gasteiger partial charge in [0.15, 0.2) is 0 Å². The van der Waals surface area contributed by atoms with Gasteiger partial charge in [-0.05, 0) is 0 Å². The van der Waals surface area contributed by atoms with Crippen LogP contribution in [-0.2, 0) is 27.7 Å². The number of carbonyl (C=O) groups excluding carboxylic acids is 1. The minimum absolute atomic E-state index is 0.0839. The summed E-state index contributed by atoms with van der Waals surface area (Å²) in [5.41, 5.74) is 0. The maximum Gasteiger partial charge on any atom is 0.530 e. The summed E-state index contributed by atoms with van der Waals surface area (Å²) < 4.78 is 31.2. The first-order chi connectivity index (χ1) is 11.0.